The number of benzene rings is 1. The van der Waals surface area contributed by atoms with Gasteiger partial charge in [0, 0.05) is 31.6 Å². The maximum atomic E-state index is 14.8. The van der Waals surface area contributed by atoms with Crippen molar-refractivity contribution in [2.45, 2.75) is 44.0 Å². The van der Waals surface area contributed by atoms with Crippen molar-refractivity contribution in [2.75, 3.05) is 26.2 Å². The number of nitrogens with one attached hydrogen (secondary N) is 1. The van der Waals surface area contributed by atoms with E-state index in [2.05, 4.69) is 33.4 Å². The standard InChI is InChI=1S/C25H27FN4O3/c26-19-13-28-20-2-4-22(31)30-15-25(32,23(19)24(20)30)14-29-8-5-18(6-9-29)27-12-16-1-3-21-17(11-16)7-10-33-21/h1-4,11,13,18,27,32H,5-10,12,14-15H2. The number of β-amino-alcohol motifs (C(OH)–C–C–N with tert-alkyl or cyclic N) is 1. The van der Waals surface area contributed by atoms with Gasteiger partial charge in [-0.25, -0.2) is 4.39 Å². The van der Waals surface area contributed by atoms with Crippen molar-refractivity contribution in [3.63, 3.8) is 0 Å². The highest BCUT2D eigenvalue weighted by atomic mass is 19.1. The molecule has 2 N–H and O–H groups in total. The molecule has 5 heterocycles. The maximum absolute atomic E-state index is 14.8. The Bertz CT molecular complexity index is 1280. The molecule has 6 rings (SSSR count). The average molecular weight is 451 g/mol. The summed E-state index contributed by atoms with van der Waals surface area (Å²) in [6, 6.07) is 9.81. The lowest BCUT2D eigenvalue weighted by Crippen LogP contribution is -2.48. The molecule has 172 valence electrons. The largest absolute Gasteiger partial charge is 0.493 e. The van der Waals surface area contributed by atoms with Gasteiger partial charge in [0.2, 0.25) is 0 Å². The van der Waals surface area contributed by atoms with E-state index in [0.717, 1.165) is 57.4 Å². The van der Waals surface area contributed by atoms with Gasteiger partial charge >= 0.3 is 0 Å². The average Bonchev–Trinajstić information content (AvgIpc) is 3.40. The molecular weight excluding hydrogens is 423 g/mol. The summed E-state index contributed by atoms with van der Waals surface area (Å²) < 4.78 is 21.8. The summed E-state index contributed by atoms with van der Waals surface area (Å²) in [7, 11) is 0. The SMILES string of the molecule is O=c1ccc2ncc(F)c3c2n1CC3(O)CN1CCC(NCc2ccc3c(c2)CCO3)CC1. The summed E-state index contributed by atoms with van der Waals surface area (Å²) in [5, 5.41) is 15.1. The van der Waals surface area contributed by atoms with Gasteiger partial charge in [0.25, 0.3) is 5.56 Å². The molecule has 0 bridgehead atoms. The minimum absolute atomic E-state index is 0.0569. The number of ether oxygens (including phenoxy) is 1. The third-order valence-corrected chi connectivity index (χ3v) is 7.26. The number of hydrogen-bond acceptors (Lipinski definition) is 6. The minimum Gasteiger partial charge on any atom is -0.493 e. The Kier molecular flexibility index (Phi) is 4.97. The van der Waals surface area contributed by atoms with E-state index < -0.39 is 11.4 Å². The summed E-state index contributed by atoms with van der Waals surface area (Å²) in [6.45, 7) is 3.55. The normalized spacial score (nSPS) is 22.6. The van der Waals surface area contributed by atoms with Gasteiger partial charge < -0.3 is 19.7 Å². The van der Waals surface area contributed by atoms with Gasteiger partial charge in [-0.3, -0.25) is 14.7 Å². The van der Waals surface area contributed by atoms with Crippen LogP contribution in [-0.2, 0) is 25.1 Å². The van der Waals surface area contributed by atoms with E-state index in [4.69, 9.17) is 4.74 Å². The van der Waals surface area contributed by atoms with E-state index >= 15 is 0 Å². The fourth-order valence-corrected chi connectivity index (χ4v) is 5.59. The number of halogens is 1. The van der Waals surface area contributed by atoms with E-state index in [9.17, 15) is 14.3 Å². The first-order valence-electron chi connectivity index (χ1n) is 11.6. The zero-order valence-corrected chi connectivity index (χ0v) is 18.4. The van der Waals surface area contributed by atoms with Crippen molar-refractivity contribution in [1.29, 1.82) is 0 Å². The summed E-state index contributed by atoms with van der Waals surface area (Å²) in [4.78, 5) is 18.6. The molecule has 2 aromatic heterocycles. The van der Waals surface area contributed by atoms with Crippen LogP contribution in [0.25, 0.3) is 11.0 Å². The smallest absolute Gasteiger partial charge is 0.251 e. The van der Waals surface area contributed by atoms with Crippen LogP contribution in [0.3, 0.4) is 0 Å². The highest BCUT2D eigenvalue weighted by molar-refractivity contribution is 5.81. The van der Waals surface area contributed by atoms with E-state index in [-0.39, 0.29) is 17.7 Å². The molecule has 7 nitrogen and oxygen atoms in total. The number of likely N-dealkylation sites (tertiary alicyclic amines) is 1. The molecule has 1 atom stereocenters. The number of piperidine rings is 1. The molecule has 1 fully saturated rings. The Morgan fingerprint density at radius 3 is 2.94 bits per heavy atom. The van der Waals surface area contributed by atoms with E-state index in [1.807, 2.05) is 0 Å². The molecule has 1 unspecified atom stereocenters. The van der Waals surface area contributed by atoms with Crippen LogP contribution in [0.5, 0.6) is 5.75 Å². The molecule has 0 aliphatic carbocycles. The number of aromatic nitrogens is 2. The molecule has 3 aliphatic rings. The van der Waals surface area contributed by atoms with Gasteiger partial charge in [-0.1, -0.05) is 12.1 Å². The summed E-state index contributed by atoms with van der Waals surface area (Å²) in [5.41, 5.74) is 2.02. The number of pyridine rings is 2. The molecule has 0 spiro atoms. The van der Waals surface area contributed by atoms with Crippen molar-refractivity contribution < 1.29 is 14.2 Å². The van der Waals surface area contributed by atoms with E-state index in [0.29, 0.717) is 23.6 Å². The van der Waals surface area contributed by atoms with Crippen LogP contribution in [0.4, 0.5) is 4.39 Å². The summed E-state index contributed by atoms with van der Waals surface area (Å²) in [5.74, 6) is 0.447. The summed E-state index contributed by atoms with van der Waals surface area (Å²) >= 11 is 0. The lowest BCUT2D eigenvalue weighted by molar-refractivity contribution is -0.0159. The zero-order chi connectivity index (χ0) is 22.6. The lowest BCUT2D eigenvalue weighted by atomic mass is 9.93. The molecule has 1 aromatic carbocycles. The van der Waals surface area contributed by atoms with Gasteiger partial charge in [0.15, 0.2) is 0 Å². The highest BCUT2D eigenvalue weighted by Crippen LogP contribution is 2.38. The second-order valence-corrected chi connectivity index (χ2v) is 9.48. The summed E-state index contributed by atoms with van der Waals surface area (Å²) in [6.07, 6.45) is 4.02. The third kappa shape index (κ3) is 3.62. The molecular formula is C25H27FN4O3. The van der Waals surface area contributed by atoms with Crippen molar-refractivity contribution in [2.24, 2.45) is 0 Å². The Morgan fingerprint density at radius 2 is 2.09 bits per heavy atom. The van der Waals surface area contributed by atoms with Crippen LogP contribution in [0.1, 0.15) is 29.5 Å². The fraction of sp³-hybridized carbons (Fsp3) is 0.440. The first kappa shape index (κ1) is 20.8. The molecule has 0 radical (unpaired) electrons. The van der Waals surface area contributed by atoms with Crippen LogP contribution in [-0.4, -0.2) is 51.8 Å². The number of rotatable bonds is 5. The van der Waals surface area contributed by atoms with Crippen LogP contribution in [0.2, 0.25) is 0 Å². The van der Waals surface area contributed by atoms with E-state index in [1.165, 1.54) is 21.8 Å². The highest BCUT2D eigenvalue weighted by Gasteiger charge is 2.43. The lowest BCUT2D eigenvalue weighted by Gasteiger charge is -2.37. The fourth-order valence-electron chi connectivity index (χ4n) is 5.59. The van der Waals surface area contributed by atoms with E-state index in [1.54, 1.807) is 6.07 Å². The second kappa shape index (κ2) is 7.90. The molecule has 3 aromatic rings. The first-order valence-corrected chi connectivity index (χ1v) is 11.6. The molecule has 3 aliphatic heterocycles. The van der Waals surface area contributed by atoms with Crippen LogP contribution in [0.15, 0.2) is 41.3 Å². The van der Waals surface area contributed by atoms with Gasteiger partial charge in [-0.2, -0.15) is 0 Å². The zero-order valence-electron chi connectivity index (χ0n) is 18.4. The molecule has 33 heavy (non-hydrogen) atoms. The monoisotopic (exact) mass is 450 g/mol. The third-order valence-electron chi connectivity index (χ3n) is 7.26. The van der Waals surface area contributed by atoms with Crippen molar-refractivity contribution in [1.82, 2.24) is 19.8 Å². The number of nitrogens with zero attached hydrogens (tertiary/aromatic N) is 3. The Labute approximate surface area is 190 Å². The van der Waals surface area contributed by atoms with Crippen LogP contribution >= 0.6 is 0 Å². The maximum Gasteiger partial charge on any atom is 0.251 e. The number of hydrogen-bond donors (Lipinski definition) is 2. The van der Waals surface area contributed by atoms with Gasteiger partial charge in [0.1, 0.15) is 17.2 Å². The van der Waals surface area contributed by atoms with Gasteiger partial charge in [-0.05, 0) is 49.2 Å². The van der Waals surface area contributed by atoms with Crippen LogP contribution < -0.4 is 15.6 Å². The quantitative estimate of drug-likeness (QED) is 0.619. The molecule has 8 heteroatoms. The Balaban J connectivity index is 1.10. The van der Waals surface area contributed by atoms with Gasteiger partial charge in [0.05, 0.1) is 35.9 Å². The first-order chi connectivity index (χ1) is 16.0. The molecule has 0 saturated carbocycles. The van der Waals surface area contributed by atoms with Crippen molar-refractivity contribution in [3.8, 4) is 5.75 Å². The van der Waals surface area contributed by atoms with Gasteiger partial charge in [-0.15, -0.1) is 0 Å². The predicted octanol–water partition coefficient (Wildman–Crippen LogP) is 1.93. The molecule has 1 saturated heterocycles. The van der Waals surface area contributed by atoms with Crippen molar-refractivity contribution in [3.05, 3.63) is 69.4 Å². The Hall–Kier alpha value is -2.81. The molecule has 0 amide bonds. The minimum atomic E-state index is -1.44. The second-order valence-electron chi connectivity index (χ2n) is 9.48. The number of fused-ring (bicyclic) bond motifs is 1. The van der Waals surface area contributed by atoms with Crippen molar-refractivity contribution >= 4 is 11.0 Å². The number of aliphatic hydroxyl groups is 1. The topological polar surface area (TPSA) is 79.6 Å². The van der Waals surface area contributed by atoms with Crippen LogP contribution in [0, 0.1) is 5.82 Å². The predicted molar refractivity (Wildman–Crippen MR) is 122 cm³/mol. The Morgan fingerprint density at radius 1 is 1.24 bits per heavy atom.